The zero-order valence-electron chi connectivity index (χ0n) is 10.6. The lowest BCUT2D eigenvalue weighted by atomic mass is 10.1. The molecule has 4 heteroatoms. The van der Waals surface area contributed by atoms with Crippen LogP contribution >= 0.6 is 0 Å². The number of rotatable bonds is 2. The third-order valence-corrected chi connectivity index (χ3v) is 2.95. The third kappa shape index (κ3) is 2.25. The molecular weight excluding hydrogens is 248 g/mol. The second-order valence-corrected chi connectivity index (χ2v) is 4.18. The third-order valence-electron chi connectivity index (χ3n) is 2.95. The predicted molar refractivity (Wildman–Crippen MR) is 75.4 cm³/mol. The molecule has 0 unspecified atom stereocenters. The van der Waals surface area contributed by atoms with Gasteiger partial charge >= 0.3 is 0 Å². The summed E-state index contributed by atoms with van der Waals surface area (Å²) < 4.78 is 0. The number of pyridine rings is 3. The highest BCUT2D eigenvalue weighted by Gasteiger charge is 2.09. The van der Waals surface area contributed by atoms with E-state index in [0.717, 1.165) is 16.8 Å². The highest BCUT2D eigenvalue weighted by atomic mass is 14.7. The molecule has 0 bridgehead atoms. The minimum Gasteiger partial charge on any atom is -0.265 e. The van der Waals surface area contributed by atoms with Crippen molar-refractivity contribution in [3.8, 4) is 28.6 Å². The van der Waals surface area contributed by atoms with Crippen LogP contribution < -0.4 is 0 Å². The van der Waals surface area contributed by atoms with Gasteiger partial charge in [-0.3, -0.25) is 9.97 Å². The summed E-state index contributed by atoms with van der Waals surface area (Å²) in [7, 11) is 0. The van der Waals surface area contributed by atoms with E-state index < -0.39 is 0 Å². The molecule has 3 aromatic heterocycles. The molecule has 0 saturated carbocycles. The summed E-state index contributed by atoms with van der Waals surface area (Å²) in [6, 6.07) is 13.3. The summed E-state index contributed by atoms with van der Waals surface area (Å²) in [5, 5.41) is 9.23. The molecule has 94 valence electrons. The van der Waals surface area contributed by atoms with Crippen molar-refractivity contribution in [2.24, 2.45) is 0 Å². The first-order chi connectivity index (χ1) is 9.88. The van der Waals surface area contributed by atoms with Gasteiger partial charge in [0.15, 0.2) is 0 Å². The SMILES string of the molecule is N#Cc1ccc(-c2ccncc2)nc1-c1ccncc1. The van der Waals surface area contributed by atoms with Crippen molar-refractivity contribution in [1.82, 2.24) is 15.0 Å². The molecule has 3 aromatic rings. The van der Waals surface area contributed by atoms with E-state index >= 15 is 0 Å². The fraction of sp³-hybridized carbons (Fsp3) is 0. The maximum absolute atomic E-state index is 9.23. The minimum atomic E-state index is 0.550. The molecule has 0 fully saturated rings. The second-order valence-electron chi connectivity index (χ2n) is 4.18. The molecule has 0 N–H and O–H groups in total. The lowest BCUT2D eigenvalue weighted by Crippen LogP contribution is -1.92. The molecule has 0 aliphatic rings. The highest BCUT2D eigenvalue weighted by Crippen LogP contribution is 2.25. The van der Waals surface area contributed by atoms with Crippen LogP contribution in [0.15, 0.2) is 61.2 Å². The number of nitrogens with zero attached hydrogens (tertiary/aromatic N) is 4. The second kappa shape index (κ2) is 5.29. The van der Waals surface area contributed by atoms with E-state index in [1.807, 2.05) is 30.3 Å². The number of nitriles is 1. The first kappa shape index (κ1) is 12.0. The quantitative estimate of drug-likeness (QED) is 0.708. The van der Waals surface area contributed by atoms with Gasteiger partial charge < -0.3 is 0 Å². The van der Waals surface area contributed by atoms with Gasteiger partial charge in [-0.25, -0.2) is 4.98 Å². The summed E-state index contributed by atoms with van der Waals surface area (Å²) in [6.45, 7) is 0. The molecule has 3 rings (SSSR count). The Hall–Kier alpha value is -3.06. The molecule has 20 heavy (non-hydrogen) atoms. The normalized spacial score (nSPS) is 9.95. The Morgan fingerprint density at radius 2 is 1.35 bits per heavy atom. The van der Waals surface area contributed by atoms with Crippen LogP contribution in [0.25, 0.3) is 22.5 Å². The molecule has 0 radical (unpaired) electrons. The van der Waals surface area contributed by atoms with E-state index in [0.29, 0.717) is 11.3 Å². The van der Waals surface area contributed by atoms with Crippen LogP contribution in [0.2, 0.25) is 0 Å². The van der Waals surface area contributed by atoms with Gasteiger partial charge in [-0.2, -0.15) is 5.26 Å². The monoisotopic (exact) mass is 258 g/mol. The molecule has 0 saturated heterocycles. The van der Waals surface area contributed by atoms with Crippen molar-refractivity contribution in [2.75, 3.05) is 0 Å². The highest BCUT2D eigenvalue weighted by molar-refractivity contribution is 5.70. The molecule has 3 heterocycles. The summed E-state index contributed by atoms with van der Waals surface area (Å²) in [4.78, 5) is 12.6. The Kier molecular flexibility index (Phi) is 3.17. The Morgan fingerprint density at radius 1 is 0.750 bits per heavy atom. The van der Waals surface area contributed by atoms with E-state index in [1.165, 1.54) is 0 Å². The molecule has 0 amide bonds. The van der Waals surface area contributed by atoms with Gasteiger partial charge in [0.05, 0.1) is 17.0 Å². The van der Waals surface area contributed by atoms with Crippen LogP contribution in [-0.2, 0) is 0 Å². The maximum atomic E-state index is 9.23. The smallest absolute Gasteiger partial charge is 0.101 e. The van der Waals surface area contributed by atoms with Gasteiger partial charge in [-0.15, -0.1) is 0 Å². The van der Waals surface area contributed by atoms with Gasteiger partial charge in [-0.1, -0.05) is 0 Å². The van der Waals surface area contributed by atoms with Crippen LogP contribution in [0.4, 0.5) is 0 Å². The van der Waals surface area contributed by atoms with Gasteiger partial charge in [0, 0.05) is 35.9 Å². The predicted octanol–water partition coefficient (Wildman–Crippen LogP) is 3.08. The maximum Gasteiger partial charge on any atom is 0.101 e. The average molecular weight is 258 g/mol. The Balaban J connectivity index is 2.16. The molecule has 4 nitrogen and oxygen atoms in total. The Morgan fingerprint density at radius 3 is 1.95 bits per heavy atom. The van der Waals surface area contributed by atoms with Gasteiger partial charge in [-0.05, 0) is 36.4 Å². The van der Waals surface area contributed by atoms with Gasteiger partial charge in [0.25, 0.3) is 0 Å². The topological polar surface area (TPSA) is 62.5 Å². The van der Waals surface area contributed by atoms with E-state index in [9.17, 15) is 5.26 Å². The summed E-state index contributed by atoms with van der Waals surface area (Å²) in [5.74, 6) is 0. The van der Waals surface area contributed by atoms with Crippen LogP contribution in [0, 0.1) is 11.3 Å². The molecule has 0 aliphatic heterocycles. The number of hydrogen-bond acceptors (Lipinski definition) is 4. The molecular formula is C16H10N4. The first-order valence-electron chi connectivity index (χ1n) is 6.10. The fourth-order valence-corrected chi connectivity index (χ4v) is 1.96. The van der Waals surface area contributed by atoms with E-state index in [2.05, 4.69) is 21.0 Å². The van der Waals surface area contributed by atoms with Crippen LogP contribution in [0.5, 0.6) is 0 Å². The van der Waals surface area contributed by atoms with E-state index in [1.54, 1.807) is 30.9 Å². The summed E-state index contributed by atoms with van der Waals surface area (Å²) in [6.07, 6.45) is 6.83. The van der Waals surface area contributed by atoms with Crippen molar-refractivity contribution in [3.05, 3.63) is 66.7 Å². The average Bonchev–Trinajstić information content (AvgIpc) is 2.56. The minimum absolute atomic E-state index is 0.550. The fourth-order valence-electron chi connectivity index (χ4n) is 1.96. The van der Waals surface area contributed by atoms with Crippen LogP contribution in [0.1, 0.15) is 5.56 Å². The van der Waals surface area contributed by atoms with Crippen LogP contribution in [0.3, 0.4) is 0 Å². The number of hydrogen-bond donors (Lipinski definition) is 0. The molecule has 0 aliphatic carbocycles. The van der Waals surface area contributed by atoms with Crippen molar-refractivity contribution in [3.63, 3.8) is 0 Å². The number of aromatic nitrogens is 3. The van der Waals surface area contributed by atoms with Crippen molar-refractivity contribution in [2.45, 2.75) is 0 Å². The van der Waals surface area contributed by atoms with Crippen LogP contribution in [-0.4, -0.2) is 15.0 Å². The molecule has 0 spiro atoms. The lowest BCUT2D eigenvalue weighted by Gasteiger charge is -2.06. The summed E-state index contributed by atoms with van der Waals surface area (Å²) in [5.41, 5.74) is 3.89. The zero-order valence-corrected chi connectivity index (χ0v) is 10.6. The van der Waals surface area contributed by atoms with Crippen molar-refractivity contribution < 1.29 is 0 Å². The van der Waals surface area contributed by atoms with E-state index in [-0.39, 0.29) is 0 Å². The molecule has 0 atom stereocenters. The zero-order chi connectivity index (χ0) is 13.8. The summed E-state index contributed by atoms with van der Waals surface area (Å²) >= 11 is 0. The van der Waals surface area contributed by atoms with Gasteiger partial charge in [0.1, 0.15) is 6.07 Å². The van der Waals surface area contributed by atoms with Crippen molar-refractivity contribution >= 4 is 0 Å². The van der Waals surface area contributed by atoms with E-state index in [4.69, 9.17) is 0 Å². The largest absolute Gasteiger partial charge is 0.265 e. The van der Waals surface area contributed by atoms with Gasteiger partial charge in [0.2, 0.25) is 0 Å². The molecule has 0 aromatic carbocycles. The van der Waals surface area contributed by atoms with Crippen molar-refractivity contribution in [1.29, 1.82) is 5.26 Å². The Bertz CT molecular complexity index is 761. The lowest BCUT2D eigenvalue weighted by molar-refractivity contribution is 1.26. The Labute approximate surface area is 116 Å². The first-order valence-corrected chi connectivity index (χ1v) is 6.10. The standard InChI is InChI=1S/C16H10N4/c17-11-14-1-2-15(12-3-7-18-8-4-12)20-16(14)13-5-9-19-10-6-13/h1-10H.